The molecule has 1 aromatic rings. The quantitative estimate of drug-likeness (QED) is 0.798. The van der Waals surface area contributed by atoms with Crippen LogP contribution in [-0.4, -0.2) is 22.1 Å². The second kappa shape index (κ2) is 5.56. The van der Waals surface area contributed by atoms with Crippen LogP contribution in [0.5, 0.6) is 0 Å². The molecule has 0 saturated carbocycles. The smallest absolute Gasteiger partial charge is 0.248 e. The fourth-order valence-corrected chi connectivity index (χ4v) is 2.66. The number of sulfonamides is 2. The third-order valence-electron chi connectivity index (χ3n) is 2.23. The van der Waals surface area contributed by atoms with Crippen molar-refractivity contribution in [2.45, 2.75) is 17.9 Å². The van der Waals surface area contributed by atoms with E-state index in [0.29, 0.717) is 5.56 Å². The molecule has 9 heteroatoms. The van der Waals surface area contributed by atoms with Crippen LogP contribution in [0.1, 0.15) is 12.5 Å². The Labute approximate surface area is 112 Å². The molecule has 0 bridgehead atoms. The summed E-state index contributed by atoms with van der Waals surface area (Å²) < 4.78 is 47.2. The van der Waals surface area contributed by atoms with E-state index in [0.717, 1.165) is 0 Å². The number of anilines is 1. The number of nitriles is 1. The molecular weight excluding hydrogens is 290 g/mol. The Morgan fingerprint density at radius 1 is 1.26 bits per heavy atom. The highest BCUT2D eigenvalue weighted by Gasteiger charge is 2.19. The second-order valence-electron chi connectivity index (χ2n) is 3.92. The van der Waals surface area contributed by atoms with Crippen LogP contribution >= 0.6 is 0 Å². The minimum atomic E-state index is -3.77. The fraction of sp³-hybridized carbons (Fsp3) is 0.300. The first-order valence-corrected chi connectivity index (χ1v) is 8.41. The van der Waals surface area contributed by atoms with Gasteiger partial charge in [0.25, 0.3) is 0 Å². The molecule has 0 aliphatic heterocycles. The highest BCUT2D eigenvalue weighted by molar-refractivity contribution is 7.93. The van der Waals surface area contributed by atoms with Crippen molar-refractivity contribution in [3.8, 4) is 6.07 Å². The summed E-state index contributed by atoms with van der Waals surface area (Å²) >= 11 is 0. The van der Waals surface area contributed by atoms with Gasteiger partial charge < -0.3 is 0 Å². The van der Waals surface area contributed by atoms with Crippen molar-refractivity contribution in [3.63, 3.8) is 0 Å². The topological polar surface area (TPSA) is 130 Å². The van der Waals surface area contributed by atoms with Crippen LogP contribution in [0.25, 0.3) is 0 Å². The van der Waals surface area contributed by atoms with Crippen LogP contribution in [0, 0.1) is 11.3 Å². The number of rotatable bonds is 5. The van der Waals surface area contributed by atoms with Crippen LogP contribution in [-0.2, 0) is 25.8 Å². The lowest BCUT2D eigenvalue weighted by Gasteiger charge is -2.09. The van der Waals surface area contributed by atoms with Gasteiger partial charge in [-0.2, -0.15) is 5.26 Å². The Hall–Kier alpha value is -1.63. The van der Waals surface area contributed by atoms with Crippen LogP contribution in [0.15, 0.2) is 24.3 Å². The minimum absolute atomic E-state index is 0.250. The maximum absolute atomic E-state index is 11.6. The molecule has 1 rings (SSSR count). The molecule has 104 valence electrons. The summed E-state index contributed by atoms with van der Waals surface area (Å²) in [5.41, 5.74) is 0.694. The molecule has 0 spiro atoms. The van der Waals surface area contributed by atoms with E-state index < -0.39 is 25.3 Å². The van der Waals surface area contributed by atoms with Gasteiger partial charge in [-0.05, 0) is 24.6 Å². The van der Waals surface area contributed by atoms with E-state index >= 15 is 0 Å². The molecular formula is C10H13N3O4S2. The van der Waals surface area contributed by atoms with Gasteiger partial charge in [0.05, 0.1) is 11.8 Å². The first kappa shape index (κ1) is 15.4. The summed E-state index contributed by atoms with van der Waals surface area (Å²) in [5.74, 6) is -0.325. The molecule has 0 aliphatic rings. The van der Waals surface area contributed by atoms with Crippen LogP contribution in [0.4, 0.5) is 5.69 Å². The molecule has 0 heterocycles. The van der Waals surface area contributed by atoms with Crippen molar-refractivity contribution in [1.82, 2.24) is 0 Å². The minimum Gasteiger partial charge on any atom is -0.282 e. The molecule has 0 fully saturated rings. The third kappa shape index (κ3) is 4.86. The molecule has 0 aliphatic carbocycles. The van der Waals surface area contributed by atoms with Crippen molar-refractivity contribution < 1.29 is 16.8 Å². The number of hydrogen-bond donors (Lipinski definition) is 2. The lowest BCUT2D eigenvalue weighted by molar-refractivity contribution is 0.595. The van der Waals surface area contributed by atoms with E-state index in [1.165, 1.54) is 31.2 Å². The fourth-order valence-electron chi connectivity index (χ4n) is 1.22. The van der Waals surface area contributed by atoms with Gasteiger partial charge in [-0.15, -0.1) is 0 Å². The summed E-state index contributed by atoms with van der Waals surface area (Å²) in [6.45, 7) is 1.26. The number of primary sulfonamides is 1. The van der Waals surface area contributed by atoms with Crippen LogP contribution < -0.4 is 9.86 Å². The predicted molar refractivity (Wildman–Crippen MR) is 70.9 cm³/mol. The van der Waals surface area contributed by atoms with Gasteiger partial charge in [-0.3, -0.25) is 4.72 Å². The monoisotopic (exact) mass is 303 g/mol. The van der Waals surface area contributed by atoms with E-state index in [9.17, 15) is 16.8 Å². The number of nitrogens with one attached hydrogen (secondary N) is 1. The Kier molecular flexibility index (Phi) is 4.52. The van der Waals surface area contributed by atoms with Crippen molar-refractivity contribution in [3.05, 3.63) is 29.8 Å². The first-order valence-electron chi connectivity index (χ1n) is 5.15. The lowest BCUT2D eigenvalue weighted by atomic mass is 10.2. The van der Waals surface area contributed by atoms with Gasteiger partial charge in [-0.25, -0.2) is 22.0 Å². The number of nitrogens with two attached hydrogens (primary N) is 1. The average molecular weight is 303 g/mol. The zero-order valence-corrected chi connectivity index (χ0v) is 11.7. The summed E-state index contributed by atoms with van der Waals surface area (Å²) in [6.07, 6.45) is 0. The molecule has 1 atom stereocenters. The van der Waals surface area contributed by atoms with Gasteiger partial charge in [-0.1, -0.05) is 12.1 Å². The van der Waals surface area contributed by atoms with Gasteiger partial charge in [0.15, 0.2) is 5.25 Å². The normalized spacial score (nSPS) is 13.5. The Morgan fingerprint density at radius 3 is 2.21 bits per heavy atom. The molecule has 7 nitrogen and oxygen atoms in total. The molecule has 0 radical (unpaired) electrons. The third-order valence-corrected chi connectivity index (χ3v) is 4.52. The Morgan fingerprint density at radius 2 is 1.79 bits per heavy atom. The maximum atomic E-state index is 11.6. The van der Waals surface area contributed by atoms with Gasteiger partial charge in [0.1, 0.15) is 0 Å². The lowest BCUT2D eigenvalue weighted by Crippen LogP contribution is -2.23. The summed E-state index contributed by atoms with van der Waals surface area (Å²) in [6, 6.07) is 7.32. The molecule has 0 amide bonds. The number of nitrogens with zero attached hydrogens (tertiary/aromatic N) is 1. The SMILES string of the molecule is CC(C#N)S(=O)(=O)Nc1ccc(CS(N)(=O)=O)cc1. The average Bonchev–Trinajstić information content (AvgIpc) is 2.28. The van der Waals surface area contributed by atoms with Gasteiger partial charge >= 0.3 is 0 Å². The number of hydrogen-bond acceptors (Lipinski definition) is 5. The standard InChI is InChI=1S/C10H13N3O4S2/c1-8(6-11)19(16,17)13-10-4-2-9(3-5-10)7-18(12,14)15/h2-5,8,13H,7H2,1H3,(H2,12,14,15). The predicted octanol–water partition coefficient (Wildman–Crippen LogP) is 0.129. The van der Waals surface area contributed by atoms with E-state index in [1.54, 1.807) is 6.07 Å². The Bertz CT molecular complexity index is 687. The van der Waals surface area contributed by atoms with Crippen LogP contribution in [0.2, 0.25) is 0 Å². The summed E-state index contributed by atoms with van der Waals surface area (Å²) in [4.78, 5) is 0. The highest BCUT2D eigenvalue weighted by Crippen LogP contribution is 2.14. The molecule has 19 heavy (non-hydrogen) atoms. The van der Waals surface area contributed by atoms with E-state index in [2.05, 4.69) is 4.72 Å². The molecule has 1 aromatic carbocycles. The van der Waals surface area contributed by atoms with Crippen LogP contribution in [0.3, 0.4) is 0 Å². The zero-order chi connectivity index (χ0) is 14.7. The molecule has 0 aromatic heterocycles. The van der Waals surface area contributed by atoms with Gasteiger partial charge in [0.2, 0.25) is 20.0 Å². The summed E-state index contributed by atoms with van der Waals surface area (Å²) in [7, 11) is -7.39. The largest absolute Gasteiger partial charge is 0.282 e. The van der Waals surface area contributed by atoms with Crippen molar-refractivity contribution >= 4 is 25.7 Å². The molecule has 1 unspecified atom stereocenters. The Balaban J connectivity index is 2.87. The van der Waals surface area contributed by atoms with Crippen molar-refractivity contribution in [2.75, 3.05) is 4.72 Å². The molecule has 0 saturated heterocycles. The zero-order valence-electron chi connectivity index (χ0n) is 10.1. The molecule has 3 N–H and O–H groups in total. The first-order chi connectivity index (χ1) is 8.64. The van der Waals surface area contributed by atoms with E-state index in [-0.39, 0.29) is 11.4 Å². The highest BCUT2D eigenvalue weighted by atomic mass is 32.2. The van der Waals surface area contributed by atoms with E-state index in [1.807, 2.05) is 0 Å². The van der Waals surface area contributed by atoms with Crippen molar-refractivity contribution in [2.24, 2.45) is 5.14 Å². The van der Waals surface area contributed by atoms with Gasteiger partial charge in [0, 0.05) is 5.69 Å². The number of benzene rings is 1. The van der Waals surface area contributed by atoms with E-state index in [4.69, 9.17) is 10.4 Å². The maximum Gasteiger partial charge on any atom is 0.248 e. The second-order valence-corrected chi connectivity index (χ2v) is 7.54. The summed E-state index contributed by atoms with van der Waals surface area (Å²) in [5, 5.41) is 12.3. The van der Waals surface area contributed by atoms with Crippen molar-refractivity contribution in [1.29, 1.82) is 5.26 Å².